The number of hydrogen-bond donors (Lipinski definition) is 1. The van der Waals surface area contributed by atoms with Crippen molar-refractivity contribution < 1.29 is 5.11 Å². The minimum atomic E-state index is -0.304. The van der Waals surface area contributed by atoms with Gasteiger partial charge in [-0.3, -0.25) is 4.79 Å². The topological polar surface area (TPSA) is 37.3 Å². The zero-order valence-corrected chi connectivity index (χ0v) is 8.83. The fourth-order valence-corrected chi connectivity index (χ4v) is 1.33. The molecule has 0 bridgehead atoms. The number of hydrogen-bond acceptors (Lipinski definition) is 2. The lowest BCUT2D eigenvalue weighted by molar-refractivity contribution is 0.467. The monoisotopic (exact) mass is 276 g/mol. The molecule has 3 heteroatoms. The molecule has 0 aliphatic carbocycles. The Kier molecular flexibility index (Phi) is 3.08. The third-order valence-electron chi connectivity index (χ3n) is 1.63. The van der Waals surface area contributed by atoms with Crippen LogP contribution in [0.15, 0.2) is 23.0 Å². The smallest absolute Gasteiger partial charge is 0.221 e. The van der Waals surface area contributed by atoms with E-state index in [1.54, 1.807) is 6.07 Å². The molecular weight excluding hydrogens is 267 g/mol. The first kappa shape index (κ1) is 9.51. The molecule has 0 aromatic heterocycles. The molecule has 0 radical (unpaired) electrons. The lowest BCUT2D eigenvalue weighted by Gasteiger charge is -1.84. The number of rotatable bonds is 1. The van der Waals surface area contributed by atoms with Gasteiger partial charge in [0.05, 0.1) is 3.57 Å². The second-order valence-corrected chi connectivity index (χ2v) is 3.63. The van der Waals surface area contributed by atoms with Crippen molar-refractivity contribution in [1.82, 2.24) is 0 Å². The average molecular weight is 276 g/mol. The van der Waals surface area contributed by atoms with Crippen LogP contribution in [-0.4, -0.2) is 5.11 Å². The third kappa shape index (κ3) is 1.97. The lowest BCUT2D eigenvalue weighted by Crippen LogP contribution is -1.96. The summed E-state index contributed by atoms with van der Waals surface area (Å²) >= 11 is 1.94. The summed E-state index contributed by atoms with van der Waals surface area (Å²) in [5.41, 5.74) is 0.638. The highest BCUT2D eigenvalue weighted by molar-refractivity contribution is 14.1. The minimum absolute atomic E-state index is 0.157. The predicted molar refractivity (Wildman–Crippen MR) is 56.5 cm³/mol. The first-order valence-electron chi connectivity index (χ1n) is 3.67. The quantitative estimate of drug-likeness (QED) is 0.796. The second kappa shape index (κ2) is 3.89. The van der Waals surface area contributed by atoms with Crippen molar-refractivity contribution >= 4 is 22.6 Å². The maximum atomic E-state index is 11.2. The van der Waals surface area contributed by atoms with Crippen LogP contribution in [0.1, 0.15) is 12.5 Å². The Morgan fingerprint density at radius 1 is 1.50 bits per heavy atom. The number of halogens is 1. The Morgan fingerprint density at radius 2 is 2.17 bits per heavy atom. The van der Waals surface area contributed by atoms with E-state index in [0.29, 0.717) is 3.57 Å². The summed E-state index contributed by atoms with van der Waals surface area (Å²) in [6, 6.07) is 5.07. The molecule has 64 valence electrons. The summed E-state index contributed by atoms with van der Waals surface area (Å²) in [4.78, 5) is 11.2. The third-order valence-corrected chi connectivity index (χ3v) is 2.50. The molecule has 0 heterocycles. The van der Waals surface area contributed by atoms with E-state index in [4.69, 9.17) is 0 Å². The Hall–Kier alpha value is -0.580. The van der Waals surface area contributed by atoms with Gasteiger partial charge in [-0.2, -0.15) is 0 Å². The van der Waals surface area contributed by atoms with E-state index in [9.17, 15) is 9.90 Å². The largest absolute Gasteiger partial charge is 0.503 e. The molecule has 12 heavy (non-hydrogen) atoms. The van der Waals surface area contributed by atoms with Gasteiger partial charge in [-0.05, 0) is 46.7 Å². The van der Waals surface area contributed by atoms with E-state index in [1.165, 1.54) is 6.07 Å². The van der Waals surface area contributed by atoms with Crippen LogP contribution in [0, 0.1) is 3.57 Å². The van der Waals surface area contributed by atoms with Crippen molar-refractivity contribution in [3.8, 4) is 5.75 Å². The molecule has 1 N–H and O–H groups in total. The molecule has 0 aliphatic rings. The summed E-state index contributed by atoms with van der Waals surface area (Å²) in [7, 11) is 0. The van der Waals surface area contributed by atoms with Crippen LogP contribution >= 0.6 is 22.6 Å². The van der Waals surface area contributed by atoms with Gasteiger partial charge in [0.15, 0.2) is 5.75 Å². The summed E-state index contributed by atoms with van der Waals surface area (Å²) in [6.07, 6.45) is 0.805. The van der Waals surface area contributed by atoms with Crippen molar-refractivity contribution in [1.29, 1.82) is 0 Å². The highest BCUT2D eigenvalue weighted by Gasteiger charge is 1.99. The van der Waals surface area contributed by atoms with E-state index < -0.39 is 0 Å². The first-order valence-corrected chi connectivity index (χ1v) is 4.74. The highest BCUT2D eigenvalue weighted by Crippen LogP contribution is 2.13. The van der Waals surface area contributed by atoms with E-state index in [1.807, 2.05) is 35.6 Å². The van der Waals surface area contributed by atoms with Crippen molar-refractivity contribution in [3.63, 3.8) is 0 Å². The van der Waals surface area contributed by atoms with Crippen molar-refractivity contribution in [2.45, 2.75) is 13.3 Å². The molecule has 1 aromatic carbocycles. The van der Waals surface area contributed by atoms with Gasteiger partial charge in [0, 0.05) is 0 Å². The zero-order valence-electron chi connectivity index (χ0n) is 6.67. The summed E-state index contributed by atoms with van der Waals surface area (Å²) in [5.74, 6) is -0.157. The molecule has 0 unspecified atom stereocenters. The van der Waals surface area contributed by atoms with Crippen LogP contribution in [-0.2, 0) is 6.42 Å². The lowest BCUT2D eigenvalue weighted by atomic mass is 10.2. The Bertz CT molecular complexity index is 347. The van der Waals surface area contributed by atoms with Crippen molar-refractivity contribution in [2.24, 2.45) is 0 Å². The number of aryl methyl sites for hydroxylation is 1. The van der Waals surface area contributed by atoms with Gasteiger partial charge in [-0.15, -0.1) is 0 Å². The van der Waals surface area contributed by atoms with Gasteiger partial charge >= 0.3 is 0 Å². The standard InChI is InChI=1S/C9H9IO2/c1-2-6-3-4-7(10)9(12)8(11)5-6/h3-5H,2H2,1H3,(H,11,12). The van der Waals surface area contributed by atoms with Gasteiger partial charge in [-0.25, -0.2) is 0 Å². The van der Waals surface area contributed by atoms with Gasteiger partial charge in [0.25, 0.3) is 0 Å². The van der Waals surface area contributed by atoms with Crippen LogP contribution in [0.2, 0.25) is 0 Å². The predicted octanol–water partition coefficient (Wildman–Crippen LogP) is 1.92. The van der Waals surface area contributed by atoms with Crippen LogP contribution in [0.3, 0.4) is 0 Å². The fraction of sp³-hybridized carbons (Fsp3) is 0.222. The van der Waals surface area contributed by atoms with Crippen LogP contribution in [0.25, 0.3) is 0 Å². The normalized spacial score (nSPS) is 9.83. The molecule has 0 saturated carbocycles. The van der Waals surface area contributed by atoms with E-state index in [0.717, 1.165) is 12.0 Å². The summed E-state index contributed by atoms with van der Waals surface area (Å²) in [6.45, 7) is 1.97. The van der Waals surface area contributed by atoms with Crippen LogP contribution in [0.4, 0.5) is 0 Å². The van der Waals surface area contributed by atoms with Crippen molar-refractivity contribution in [2.75, 3.05) is 0 Å². The fourth-order valence-electron chi connectivity index (χ4n) is 0.882. The molecule has 0 spiro atoms. The molecule has 1 rings (SSSR count). The molecule has 1 aromatic rings. The molecule has 0 saturated heterocycles. The molecule has 0 amide bonds. The highest BCUT2D eigenvalue weighted by atomic mass is 127. The molecular formula is C9H9IO2. The Morgan fingerprint density at radius 3 is 2.75 bits per heavy atom. The molecule has 0 fully saturated rings. The van der Waals surface area contributed by atoms with Gasteiger partial charge in [-0.1, -0.05) is 13.0 Å². The van der Waals surface area contributed by atoms with Gasteiger partial charge < -0.3 is 5.11 Å². The maximum absolute atomic E-state index is 11.2. The van der Waals surface area contributed by atoms with E-state index >= 15 is 0 Å². The van der Waals surface area contributed by atoms with Gasteiger partial charge in [0.1, 0.15) is 0 Å². The Labute approximate surface area is 84.4 Å². The van der Waals surface area contributed by atoms with E-state index in [2.05, 4.69) is 0 Å². The van der Waals surface area contributed by atoms with Crippen LogP contribution in [0.5, 0.6) is 5.75 Å². The SMILES string of the molecule is CCc1ccc(I)c(O)c(=O)c1. The van der Waals surface area contributed by atoms with Crippen LogP contribution < -0.4 is 5.43 Å². The summed E-state index contributed by atoms with van der Waals surface area (Å²) < 4.78 is 0.595. The average Bonchev–Trinajstić information content (AvgIpc) is 2.19. The summed E-state index contributed by atoms with van der Waals surface area (Å²) in [5, 5.41) is 9.27. The molecule has 0 aliphatic heterocycles. The number of aromatic hydroxyl groups is 1. The minimum Gasteiger partial charge on any atom is -0.503 e. The van der Waals surface area contributed by atoms with E-state index in [-0.39, 0.29) is 11.2 Å². The molecule has 2 nitrogen and oxygen atoms in total. The second-order valence-electron chi connectivity index (χ2n) is 2.47. The zero-order chi connectivity index (χ0) is 9.14. The maximum Gasteiger partial charge on any atom is 0.221 e. The van der Waals surface area contributed by atoms with Crippen molar-refractivity contribution in [3.05, 3.63) is 37.6 Å². The first-order chi connectivity index (χ1) is 5.65. The Balaban J connectivity index is 3.45. The molecule has 0 atom stereocenters. The van der Waals surface area contributed by atoms with Gasteiger partial charge in [0.2, 0.25) is 5.43 Å².